The minimum absolute atomic E-state index is 0.773. The smallest absolute Gasteiger partial charge is 0.0599 e. The summed E-state index contributed by atoms with van der Waals surface area (Å²) >= 11 is 1.75. The van der Waals surface area contributed by atoms with Gasteiger partial charge in [-0.1, -0.05) is 31.5 Å². The minimum Gasteiger partial charge on any atom is -0.383 e. The van der Waals surface area contributed by atoms with Gasteiger partial charge in [-0.15, -0.1) is 0 Å². The molecule has 0 unspecified atom stereocenters. The Morgan fingerprint density at radius 3 is 2.25 bits per heavy atom. The van der Waals surface area contributed by atoms with Crippen molar-refractivity contribution < 1.29 is 4.74 Å². The summed E-state index contributed by atoms with van der Waals surface area (Å²) in [5.74, 6) is 0. The van der Waals surface area contributed by atoms with Gasteiger partial charge in [0.1, 0.15) is 0 Å². The standard InChI is InChI=1S/C11H17NOS.C2H6/c1-10-4-6-11(7-5-10)14-12(2)8-9-13-3;1-2/h4-7H,8-9H2,1-3H3;1-2H3. The highest BCUT2D eigenvalue weighted by atomic mass is 32.2. The van der Waals surface area contributed by atoms with Gasteiger partial charge in [0.25, 0.3) is 0 Å². The van der Waals surface area contributed by atoms with E-state index in [-0.39, 0.29) is 0 Å². The summed E-state index contributed by atoms with van der Waals surface area (Å²) in [5.41, 5.74) is 1.30. The maximum atomic E-state index is 5.01. The van der Waals surface area contributed by atoms with Gasteiger partial charge in [0.2, 0.25) is 0 Å². The van der Waals surface area contributed by atoms with Crippen LogP contribution in [0, 0.1) is 6.92 Å². The topological polar surface area (TPSA) is 12.5 Å². The molecular formula is C13H23NOS. The number of rotatable bonds is 5. The zero-order valence-electron chi connectivity index (χ0n) is 11.0. The van der Waals surface area contributed by atoms with E-state index in [1.165, 1.54) is 10.5 Å². The van der Waals surface area contributed by atoms with Crippen molar-refractivity contribution in [1.29, 1.82) is 0 Å². The lowest BCUT2D eigenvalue weighted by Crippen LogP contribution is -2.14. The van der Waals surface area contributed by atoms with Gasteiger partial charge in [0.05, 0.1) is 6.61 Å². The molecule has 1 aromatic carbocycles. The molecule has 0 saturated carbocycles. The zero-order valence-corrected chi connectivity index (χ0v) is 11.8. The molecule has 0 amide bonds. The highest BCUT2D eigenvalue weighted by Gasteiger charge is 2.00. The van der Waals surface area contributed by atoms with E-state index in [2.05, 4.69) is 42.5 Å². The Morgan fingerprint density at radius 1 is 1.19 bits per heavy atom. The summed E-state index contributed by atoms with van der Waals surface area (Å²) in [6.45, 7) is 7.81. The molecule has 0 aromatic heterocycles. The molecule has 1 rings (SSSR count). The van der Waals surface area contributed by atoms with Crippen molar-refractivity contribution in [3.63, 3.8) is 0 Å². The fourth-order valence-corrected chi connectivity index (χ4v) is 1.83. The molecule has 0 aliphatic rings. The van der Waals surface area contributed by atoms with E-state index in [0.717, 1.165) is 13.2 Å². The van der Waals surface area contributed by atoms with Crippen LogP contribution in [0.5, 0.6) is 0 Å². The minimum atomic E-state index is 0.773. The third kappa shape index (κ3) is 6.88. The third-order valence-electron chi connectivity index (χ3n) is 1.89. The Bertz CT molecular complexity index is 261. The number of benzene rings is 1. The third-order valence-corrected chi connectivity index (χ3v) is 2.87. The van der Waals surface area contributed by atoms with Crippen LogP contribution >= 0.6 is 11.9 Å². The Labute approximate surface area is 104 Å². The predicted octanol–water partition coefficient (Wildman–Crippen LogP) is 3.61. The van der Waals surface area contributed by atoms with Crippen molar-refractivity contribution in [2.45, 2.75) is 25.7 Å². The first kappa shape index (κ1) is 15.5. The molecule has 0 heterocycles. The second-order valence-corrected chi connectivity index (χ2v) is 4.53. The lowest BCUT2D eigenvalue weighted by atomic mass is 10.2. The molecule has 0 saturated heterocycles. The van der Waals surface area contributed by atoms with E-state index in [0.29, 0.717) is 0 Å². The van der Waals surface area contributed by atoms with E-state index < -0.39 is 0 Å². The number of hydrogen-bond acceptors (Lipinski definition) is 3. The summed E-state index contributed by atoms with van der Waals surface area (Å²) in [5, 5.41) is 0. The van der Waals surface area contributed by atoms with Crippen LogP contribution in [0.15, 0.2) is 29.2 Å². The molecular weight excluding hydrogens is 218 g/mol. The molecule has 3 heteroatoms. The molecule has 0 fully saturated rings. The summed E-state index contributed by atoms with van der Waals surface area (Å²) in [7, 11) is 3.80. The van der Waals surface area contributed by atoms with Crippen LogP contribution in [0.1, 0.15) is 19.4 Å². The second-order valence-electron chi connectivity index (χ2n) is 3.25. The zero-order chi connectivity index (χ0) is 12.4. The van der Waals surface area contributed by atoms with Crippen LogP contribution in [0.3, 0.4) is 0 Å². The number of aryl methyl sites for hydroxylation is 1. The number of likely N-dealkylation sites (N-methyl/N-ethyl adjacent to an activating group) is 1. The lowest BCUT2D eigenvalue weighted by molar-refractivity contribution is 0.188. The summed E-state index contributed by atoms with van der Waals surface area (Å²) in [4.78, 5) is 1.27. The normalized spacial score (nSPS) is 9.88. The summed E-state index contributed by atoms with van der Waals surface area (Å²) < 4.78 is 7.19. The fourth-order valence-electron chi connectivity index (χ4n) is 1.04. The average Bonchev–Trinajstić information content (AvgIpc) is 2.32. The molecule has 0 N–H and O–H groups in total. The van der Waals surface area contributed by atoms with Crippen molar-refractivity contribution in [3.05, 3.63) is 29.8 Å². The number of nitrogens with zero attached hydrogens (tertiary/aromatic N) is 1. The van der Waals surface area contributed by atoms with Crippen LogP contribution in [-0.4, -0.2) is 31.6 Å². The average molecular weight is 241 g/mol. The van der Waals surface area contributed by atoms with Gasteiger partial charge in [-0.2, -0.15) is 0 Å². The highest BCUT2D eigenvalue weighted by Crippen LogP contribution is 2.20. The van der Waals surface area contributed by atoms with E-state index in [1.807, 2.05) is 13.8 Å². The van der Waals surface area contributed by atoms with Crippen LogP contribution in [-0.2, 0) is 4.74 Å². The SMILES string of the molecule is CC.COCCN(C)Sc1ccc(C)cc1. The Balaban J connectivity index is 0.00000106. The first-order valence-electron chi connectivity index (χ1n) is 5.67. The van der Waals surface area contributed by atoms with E-state index in [1.54, 1.807) is 19.1 Å². The second kappa shape index (κ2) is 9.70. The maximum Gasteiger partial charge on any atom is 0.0599 e. The van der Waals surface area contributed by atoms with Crippen molar-refractivity contribution in [2.75, 3.05) is 27.3 Å². The maximum absolute atomic E-state index is 5.01. The Morgan fingerprint density at radius 2 is 1.75 bits per heavy atom. The number of methoxy groups -OCH3 is 1. The quantitative estimate of drug-likeness (QED) is 0.731. The van der Waals surface area contributed by atoms with Crippen molar-refractivity contribution >= 4 is 11.9 Å². The molecule has 0 bridgehead atoms. The molecule has 1 aromatic rings. The Kier molecular flexibility index (Phi) is 9.39. The van der Waals surface area contributed by atoms with Gasteiger partial charge in [-0.3, -0.25) is 0 Å². The Hall–Kier alpha value is -0.510. The van der Waals surface area contributed by atoms with Crippen LogP contribution in [0.2, 0.25) is 0 Å². The van der Waals surface area contributed by atoms with Gasteiger partial charge in [-0.25, -0.2) is 4.31 Å². The van der Waals surface area contributed by atoms with Crippen molar-refractivity contribution in [1.82, 2.24) is 4.31 Å². The predicted molar refractivity (Wildman–Crippen MR) is 72.9 cm³/mol. The van der Waals surface area contributed by atoms with Gasteiger partial charge in [-0.05, 0) is 38.1 Å². The fraction of sp³-hybridized carbons (Fsp3) is 0.538. The molecule has 0 spiro atoms. The number of ether oxygens (including phenoxy) is 1. The first-order chi connectivity index (χ1) is 7.72. The summed E-state index contributed by atoms with van der Waals surface area (Å²) in [6, 6.07) is 8.55. The molecule has 0 aliphatic heterocycles. The lowest BCUT2D eigenvalue weighted by Gasteiger charge is -2.14. The van der Waals surface area contributed by atoms with Crippen LogP contribution in [0.25, 0.3) is 0 Å². The van der Waals surface area contributed by atoms with E-state index in [4.69, 9.17) is 4.74 Å². The number of hydrogen-bond donors (Lipinski definition) is 0. The van der Waals surface area contributed by atoms with Gasteiger partial charge < -0.3 is 4.74 Å². The van der Waals surface area contributed by atoms with Crippen LogP contribution in [0.4, 0.5) is 0 Å². The summed E-state index contributed by atoms with van der Waals surface area (Å²) in [6.07, 6.45) is 0. The van der Waals surface area contributed by atoms with Crippen molar-refractivity contribution in [3.8, 4) is 0 Å². The molecule has 0 aliphatic carbocycles. The highest BCUT2D eigenvalue weighted by molar-refractivity contribution is 7.97. The van der Waals surface area contributed by atoms with E-state index >= 15 is 0 Å². The molecule has 0 radical (unpaired) electrons. The largest absolute Gasteiger partial charge is 0.383 e. The molecule has 2 nitrogen and oxygen atoms in total. The van der Waals surface area contributed by atoms with Crippen LogP contribution < -0.4 is 0 Å². The van der Waals surface area contributed by atoms with Gasteiger partial charge in [0.15, 0.2) is 0 Å². The van der Waals surface area contributed by atoms with E-state index in [9.17, 15) is 0 Å². The van der Waals surface area contributed by atoms with Crippen molar-refractivity contribution in [2.24, 2.45) is 0 Å². The van der Waals surface area contributed by atoms with Gasteiger partial charge >= 0.3 is 0 Å². The van der Waals surface area contributed by atoms with Gasteiger partial charge in [0, 0.05) is 18.6 Å². The molecule has 16 heavy (non-hydrogen) atoms. The molecule has 92 valence electrons. The molecule has 0 atom stereocenters. The monoisotopic (exact) mass is 241 g/mol. The first-order valence-corrected chi connectivity index (χ1v) is 6.44.